The second-order valence-corrected chi connectivity index (χ2v) is 8.02. The number of aromatic carboxylic acids is 2. The predicted molar refractivity (Wildman–Crippen MR) is 129 cm³/mol. The maximum absolute atomic E-state index is 13.4. The van der Waals surface area contributed by atoms with E-state index in [1.54, 1.807) is 0 Å². The average Bonchev–Trinajstić information content (AvgIpc) is 2.89. The molecule has 0 spiro atoms. The second kappa shape index (κ2) is 10.7. The van der Waals surface area contributed by atoms with Gasteiger partial charge in [-0.1, -0.05) is 24.3 Å². The first-order valence-electron chi connectivity index (χ1n) is 11.0. The molecule has 190 valence electrons. The first kappa shape index (κ1) is 25.7. The van der Waals surface area contributed by atoms with Crippen LogP contribution < -0.4 is 20.8 Å². The summed E-state index contributed by atoms with van der Waals surface area (Å²) in [5, 5.41) is 28.4. The number of halogens is 2. The van der Waals surface area contributed by atoms with Gasteiger partial charge in [-0.05, 0) is 71.8 Å². The van der Waals surface area contributed by atoms with E-state index in [-0.39, 0.29) is 33.6 Å². The third-order valence-electron chi connectivity index (χ3n) is 5.48. The zero-order valence-electron chi connectivity index (χ0n) is 19.3. The summed E-state index contributed by atoms with van der Waals surface area (Å²) >= 11 is 0. The van der Waals surface area contributed by atoms with Gasteiger partial charge in [-0.2, -0.15) is 0 Å². The van der Waals surface area contributed by atoms with Crippen LogP contribution in [0.15, 0.2) is 84.9 Å². The van der Waals surface area contributed by atoms with Gasteiger partial charge in [-0.15, -0.1) is 0 Å². The Kier molecular flexibility index (Phi) is 7.24. The van der Waals surface area contributed by atoms with Crippen molar-refractivity contribution in [2.45, 2.75) is 0 Å². The third-order valence-corrected chi connectivity index (χ3v) is 5.48. The van der Waals surface area contributed by atoms with Crippen LogP contribution in [0, 0.1) is 11.6 Å². The van der Waals surface area contributed by atoms with E-state index in [0.717, 1.165) is 36.4 Å². The number of nitrogens with one attached hydrogen (secondary N) is 2. The molecule has 0 aliphatic rings. The fraction of sp³-hybridized carbons (Fsp3) is 0. The zero-order valence-corrected chi connectivity index (χ0v) is 19.3. The minimum atomic E-state index is -1.62. The molecule has 0 aliphatic heterocycles. The largest absolute Gasteiger partial charge is 0.545 e. The lowest BCUT2D eigenvalue weighted by molar-refractivity contribution is -0.256. The van der Waals surface area contributed by atoms with Crippen LogP contribution in [-0.4, -0.2) is 23.8 Å². The van der Waals surface area contributed by atoms with Crippen LogP contribution in [0.4, 0.5) is 20.2 Å². The summed E-state index contributed by atoms with van der Waals surface area (Å²) in [6, 6.07) is 17.3. The van der Waals surface area contributed by atoms with Crippen LogP contribution in [0.2, 0.25) is 0 Å². The summed E-state index contributed by atoms with van der Waals surface area (Å²) in [7, 11) is 0. The van der Waals surface area contributed by atoms with Gasteiger partial charge in [-0.3, -0.25) is 9.59 Å². The van der Waals surface area contributed by atoms with Gasteiger partial charge in [0.1, 0.15) is 11.6 Å². The van der Waals surface area contributed by atoms with Crippen molar-refractivity contribution in [1.82, 2.24) is 0 Å². The molecule has 4 rings (SSSR count). The molecule has 0 saturated carbocycles. The molecule has 0 radical (unpaired) electrons. The lowest BCUT2D eigenvalue weighted by Crippen LogP contribution is -2.25. The van der Waals surface area contributed by atoms with Gasteiger partial charge >= 0.3 is 0 Å². The van der Waals surface area contributed by atoms with Crippen molar-refractivity contribution in [3.05, 3.63) is 119 Å². The molecule has 0 heterocycles. The molecule has 0 aliphatic carbocycles. The maximum Gasteiger partial charge on any atom is 0.255 e. The Hall–Kier alpha value is -5.38. The molecule has 8 nitrogen and oxygen atoms in total. The first-order valence-corrected chi connectivity index (χ1v) is 11.0. The monoisotopic (exact) mass is 514 g/mol. The number of anilines is 2. The average molecular weight is 514 g/mol. The summed E-state index contributed by atoms with van der Waals surface area (Å²) in [5.41, 5.74) is -0.640. The number of carboxylic acids is 2. The van der Waals surface area contributed by atoms with Crippen molar-refractivity contribution in [2.24, 2.45) is 0 Å². The van der Waals surface area contributed by atoms with Gasteiger partial charge in [0.15, 0.2) is 0 Å². The van der Waals surface area contributed by atoms with Crippen molar-refractivity contribution < 1.29 is 38.2 Å². The Morgan fingerprint density at radius 1 is 0.553 bits per heavy atom. The summed E-state index contributed by atoms with van der Waals surface area (Å²) in [4.78, 5) is 48.5. The van der Waals surface area contributed by atoms with Crippen molar-refractivity contribution >= 4 is 35.1 Å². The summed E-state index contributed by atoms with van der Waals surface area (Å²) < 4.78 is 26.9. The van der Waals surface area contributed by atoms with Gasteiger partial charge in [0, 0.05) is 22.3 Å². The number of hydrogen-bond donors (Lipinski definition) is 2. The van der Waals surface area contributed by atoms with E-state index < -0.39 is 46.5 Å². The maximum atomic E-state index is 13.4. The topological polar surface area (TPSA) is 138 Å². The highest BCUT2D eigenvalue weighted by atomic mass is 19.1. The van der Waals surface area contributed by atoms with Crippen LogP contribution in [0.25, 0.3) is 11.1 Å². The van der Waals surface area contributed by atoms with Crippen molar-refractivity contribution in [3.63, 3.8) is 0 Å². The smallest absolute Gasteiger partial charge is 0.255 e. The number of rotatable bonds is 7. The minimum Gasteiger partial charge on any atom is -0.545 e. The van der Waals surface area contributed by atoms with E-state index in [0.29, 0.717) is 0 Å². The fourth-order valence-corrected chi connectivity index (χ4v) is 3.65. The number of amides is 2. The molecule has 0 atom stereocenters. The van der Waals surface area contributed by atoms with E-state index in [9.17, 15) is 38.2 Å². The molecule has 0 fully saturated rings. The molecule has 4 aromatic rings. The molecular formula is C28H16F2N2O6-2. The third kappa shape index (κ3) is 5.71. The van der Waals surface area contributed by atoms with E-state index in [2.05, 4.69) is 10.6 Å². The summed E-state index contributed by atoms with van der Waals surface area (Å²) in [5.74, 6) is -6.05. The van der Waals surface area contributed by atoms with Crippen LogP contribution >= 0.6 is 0 Å². The molecular weight excluding hydrogens is 498 g/mol. The van der Waals surface area contributed by atoms with E-state index in [1.807, 2.05) is 0 Å². The lowest BCUT2D eigenvalue weighted by Gasteiger charge is -2.16. The minimum absolute atomic E-state index is 0.0344. The van der Waals surface area contributed by atoms with Gasteiger partial charge < -0.3 is 30.4 Å². The van der Waals surface area contributed by atoms with Gasteiger partial charge in [-0.25, -0.2) is 8.78 Å². The summed E-state index contributed by atoms with van der Waals surface area (Å²) in [6.07, 6.45) is 0. The highest BCUT2D eigenvalue weighted by Crippen LogP contribution is 2.29. The van der Waals surface area contributed by atoms with Crippen LogP contribution in [-0.2, 0) is 0 Å². The number of benzene rings is 4. The standard InChI is InChI=1S/C28H18F2N2O6/c29-19-5-1-3-17(11-19)25(33)31-23-9-7-15(13-21(23)27(35)36)16-8-10-24(22(14-16)28(37)38)32-26(34)18-4-2-6-20(30)12-18/h1-14H,(H,31,33)(H,32,34)(H,35,36)(H,37,38)/p-2. The van der Waals surface area contributed by atoms with Gasteiger partial charge in [0.05, 0.1) is 23.3 Å². The van der Waals surface area contributed by atoms with Crippen LogP contribution in [0.3, 0.4) is 0 Å². The van der Waals surface area contributed by atoms with Gasteiger partial charge in [0.2, 0.25) is 0 Å². The molecule has 0 aromatic heterocycles. The molecule has 2 amide bonds. The Balaban J connectivity index is 1.64. The molecule has 0 unspecified atom stereocenters. The Morgan fingerprint density at radius 2 is 0.947 bits per heavy atom. The zero-order chi connectivity index (χ0) is 27.4. The van der Waals surface area contributed by atoms with Crippen molar-refractivity contribution in [1.29, 1.82) is 0 Å². The Labute approximate surface area is 214 Å². The number of carbonyl (C=O) groups is 4. The first-order chi connectivity index (χ1) is 18.1. The number of carboxylic acid groups (broad SMARTS) is 2. The van der Waals surface area contributed by atoms with E-state index in [1.165, 1.54) is 48.5 Å². The lowest BCUT2D eigenvalue weighted by atomic mass is 9.98. The molecule has 38 heavy (non-hydrogen) atoms. The van der Waals surface area contributed by atoms with Crippen molar-refractivity contribution in [3.8, 4) is 11.1 Å². The van der Waals surface area contributed by atoms with Crippen molar-refractivity contribution in [2.75, 3.05) is 10.6 Å². The quantitative estimate of drug-likeness (QED) is 0.389. The molecule has 4 aromatic carbocycles. The number of carbonyl (C=O) groups excluding carboxylic acids is 4. The highest BCUT2D eigenvalue weighted by molar-refractivity contribution is 6.09. The molecule has 10 heteroatoms. The van der Waals surface area contributed by atoms with E-state index in [4.69, 9.17) is 0 Å². The van der Waals surface area contributed by atoms with Gasteiger partial charge in [0.25, 0.3) is 11.8 Å². The highest BCUT2D eigenvalue weighted by Gasteiger charge is 2.15. The van der Waals surface area contributed by atoms with Crippen LogP contribution in [0.5, 0.6) is 0 Å². The van der Waals surface area contributed by atoms with Crippen LogP contribution in [0.1, 0.15) is 41.4 Å². The number of hydrogen-bond acceptors (Lipinski definition) is 6. The normalized spacial score (nSPS) is 10.5. The molecule has 0 bridgehead atoms. The SMILES string of the molecule is O=C(Nc1ccc(-c2ccc(NC(=O)c3cccc(F)c3)c(C(=O)[O-])c2)cc1C(=O)[O-])c1cccc(F)c1. The second-order valence-electron chi connectivity index (χ2n) is 8.02. The molecule has 0 saturated heterocycles. The summed E-state index contributed by atoms with van der Waals surface area (Å²) in [6.45, 7) is 0. The fourth-order valence-electron chi connectivity index (χ4n) is 3.65. The molecule has 2 N–H and O–H groups in total. The Bertz CT molecular complexity index is 1480. The Morgan fingerprint density at radius 3 is 1.29 bits per heavy atom. The van der Waals surface area contributed by atoms with E-state index >= 15 is 0 Å². The predicted octanol–water partition coefficient (Wildman–Crippen LogP) is 2.86.